The Morgan fingerprint density at radius 3 is 2.29 bits per heavy atom. The summed E-state index contributed by atoms with van der Waals surface area (Å²) in [7, 11) is -1.20. The van der Waals surface area contributed by atoms with Gasteiger partial charge in [0.1, 0.15) is 11.0 Å². The first-order chi connectivity index (χ1) is 8.25. The first kappa shape index (κ1) is 11.8. The Hall–Kier alpha value is -1.65. The fourth-order valence-electron chi connectivity index (χ4n) is 1.42. The molecule has 0 spiro atoms. The summed E-state index contributed by atoms with van der Waals surface area (Å²) in [5.41, 5.74) is 7.35. The molecule has 1 atom stereocenters. The highest BCUT2D eigenvalue weighted by atomic mass is 32.2. The van der Waals surface area contributed by atoms with Crippen molar-refractivity contribution in [3.63, 3.8) is 0 Å². The van der Waals surface area contributed by atoms with E-state index in [1.54, 1.807) is 24.3 Å². The molecule has 0 radical (unpaired) electrons. The van der Waals surface area contributed by atoms with E-state index in [-0.39, 0.29) is 0 Å². The van der Waals surface area contributed by atoms with E-state index in [2.05, 4.69) is 4.72 Å². The van der Waals surface area contributed by atoms with E-state index in [1.807, 2.05) is 30.3 Å². The summed E-state index contributed by atoms with van der Waals surface area (Å²) >= 11 is 0. The molecular formula is C13H14N2OS. The molecule has 2 aromatic carbocycles. The quantitative estimate of drug-likeness (QED) is 0.812. The molecule has 0 fully saturated rings. The highest BCUT2D eigenvalue weighted by Gasteiger charge is 2.02. The van der Waals surface area contributed by atoms with Gasteiger partial charge < -0.3 is 5.73 Å². The van der Waals surface area contributed by atoms with E-state index in [1.165, 1.54) is 0 Å². The number of nitrogen functional groups attached to an aromatic ring is 1. The van der Waals surface area contributed by atoms with Crippen LogP contribution in [-0.4, -0.2) is 4.21 Å². The minimum absolute atomic E-state index is 0.581. The lowest BCUT2D eigenvalue weighted by atomic mass is 10.2. The van der Waals surface area contributed by atoms with Crippen molar-refractivity contribution in [1.29, 1.82) is 0 Å². The Bertz CT molecular complexity index is 497. The van der Waals surface area contributed by atoms with Crippen molar-refractivity contribution in [2.24, 2.45) is 0 Å². The van der Waals surface area contributed by atoms with Gasteiger partial charge in [-0.15, -0.1) is 0 Å². The predicted octanol–water partition coefficient (Wildman–Crippen LogP) is 2.08. The molecule has 4 heteroatoms. The van der Waals surface area contributed by atoms with Crippen LogP contribution in [0.3, 0.4) is 0 Å². The van der Waals surface area contributed by atoms with Crippen LogP contribution in [0.2, 0.25) is 0 Å². The molecule has 0 saturated carbocycles. The van der Waals surface area contributed by atoms with Crippen LogP contribution in [0.4, 0.5) is 5.69 Å². The van der Waals surface area contributed by atoms with Gasteiger partial charge in [0.25, 0.3) is 0 Å². The van der Waals surface area contributed by atoms with Crippen LogP contribution in [0.5, 0.6) is 0 Å². The zero-order valence-electron chi connectivity index (χ0n) is 9.30. The second-order valence-electron chi connectivity index (χ2n) is 3.64. The summed E-state index contributed by atoms with van der Waals surface area (Å²) in [5.74, 6) is 0. The number of nitrogens with one attached hydrogen (secondary N) is 1. The molecule has 3 nitrogen and oxygen atoms in total. The van der Waals surface area contributed by atoms with Crippen LogP contribution < -0.4 is 10.5 Å². The van der Waals surface area contributed by atoms with Gasteiger partial charge in [-0.3, -0.25) is 0 Å². The molecule has 3 N–H and O–H groups in total. The number of anilines is 1. The van der Waals surface area contributed by atoms with Crippen molar-refractivity contribution in [2.45, 2.75) is 11.4 Å². The summed E-state index contributed by atoms with van der Waals surface area (Å²) < 4.78 is 14.9. The summed E-state index contributed by atoms with van der Waals surface area (Å²) in [6, 6.07) is 16.9. The van der Waals surface area contributed by atoms with Gasteiger partial charge in [-0.2, -0.15) is 0 Å². The third-order valence-electron chi connectivity index (χ3n) is 2.34. The van der Waals surface area contributed by atoms with Crippen LogP contribution in [0.1, 0.15) is 5.56 Å². The van der Waals surface area contributed by atoms with Crippen molar-refractivity contribution in [3.8, 4) is 0 Å². The number of hydrogen-bond donors (Lipinski definition) is 2. The van der Waals surface area contributed by atoms with Crippen LogP contribution in [0.25, 0.3) is 0 Å². The maximum atomic E-state index is 11.9. The maximum Gasteiger partial charge on any atom is 0.125 e. The van der Waals surface area contributed by atoms with Gasteiger partial charge >= 0.3 is 0 Å². The smallest absolute Gasteiger partial charge is 0.125 e. The lowest BCUT2D eigenvalue weighted by Gasteiger charge is -2.05. The topological polar surface area (TPSA) is 55.1 Å². The Morgan fingerprint density at radius 2 is 1.65 bits per heavy atom. The predicted molar refractivity (Wildman–Crippen MR) is 70.5 cm³/mol. The van der Waals surface area contributed by atoms with E-state index < -0.39 is 11.0 Å². The Kier molecular flexibility index (Phi) is 3.90. The van der Waals surface area contributed by atoms with E-state index >= 15 is 0 Å². The molecule has 0 aliphatic rings. The first-order valence-electron chi connectivity index (χ1n) is 5.30. The minimum atomic E-state index is -1.20. The minimum Gasteiger partial charge on any atom is -0.399 e. The molecule has 17 heavy (non-hydrogen) atoms. The highest BCUT2D eigenvalue weighted by molar-refractivity contribution is 7.83. The van der Waals surface area contributed by atoms with E-state index in [0.717, 1.165) is 10.5 Å². The SMILES string of the molecule is Nc1ccc(S(=O)NCc2ccccc2)cc1. The van der Waals surface area contributed by atoms with Gasteiger partial charge in [0, 0.05) is 12.2 Å². The third kappa shape index (κ3) is 3.41. The number of nitrogens with two attached hydrogens (primary N) is 1. The molecular weight excluding hydrogens is 232 g/mol. The monoisotopic (exact) mass is 246 g/mol. The van der Waals surface area contributed by atoms with Crippen LogP contribution >= 0.6 is 0 Å². The molecule has 88 valence electrons. The lowest BCUT2D eigenvalue weighted by molar-refractivity contribution is 0.672. The normalized spacial score (nSPS) is 12.2. The second kappa shape index (κ2) is 5.61. The molecule has 0 aromatic heterocycles. The molecule has 0 amide bonds. The van der Waals surface area contributed by atoms with Crippen molar-refractivity contribution < 1.29 is 4.21 Å². The van der Waals surface area contributed by atoms with Crippen molar-refractivity contribution in [2.75, 3.05) is 5.73 Å². The average molecular weight is 246 g/mol. The van der Waals surface area contributed by atoms with Crippen molar-refractivity contribution >= 4 is 16.7 Å². The van der Waals surface area contributed by atoms with Crippen molar-refractivity contribution in [3.05, 3.63) is 60.2 Å². The zero-order chi connectivity index (χ0) is 12.1. The number of benzene rings is 2. The number of rotatable bonds is 4. The Labute approximate surface area is 103 Å². The number of hydrogen-bond acceptors (Lipinski definition) is 2. The third-order valence-corrected chi connectivity index (χ3v) is 3.45. The maximum absolute atomic E-state index is 11.9. The summed E-state index contributed by atoms with van der Waals surface area (Å²) in [4.78, 5) is 0.732. The molecule has 2 aromatic rings. The lowest BCUT2D eigenvalue weighted by Crippen LogP contribution is -2.16. The Morgan fingerprint density at radius 1 is 1.00 bits per heavy atom. The molecule has 0 bridgehead atoms. The summed E-state index contributed by atoms with van der Waals surface area (Å²) in [6.45, 7) is 0.581. The van der Waals surface area contributed by atoms with Crippen LogP contribution in [-0.2, 0) is 17.5 Å². The summed E-state index contributed by atoms with van der Waals surface area (Å²) in [5, 5.41) is 0. The average Bonchev–Trinajstić information content (AvgIpc) is 2.38. The van der Waals surface area contributed by atoms with E-state index in [9.17, 15) is 4.21 Å². The zero-order valence-corrected chi connectivity index (χ0v) is 10.1. The molecule has 0 aliphatic heterocycles. The van der Waals surface area contributed by atoms with Gasteiger partial charge in [-0.05, 0) is 29.8 Å². The molecule has 0 saturated heterocycles. The first-order valence-corrected chi connectivity index (χ1v) is 6.45. The second-order valence-corrected chi connectivity index (χ2v) is 4.94. The molecule has 0 aliphatic carbocycles. The van der Waals surface area contributed by atoms with Gasteiger partial charge in [0.2, 0.25) is 0 Å². The molecule has 0 heterocycles. The highest BCUT2D eigenvalue weighted by Crippen LogP contribution is 2.09. The standard InChI is InChI=1S/C13H14N2OS/c14-12-6-8-13(9-7-12)17(16)15-10-11-4-2-1-3-5-11/h1-9,15H,10,14H2. The Balaban J connectivity index is 1.96. The van der Waals surface area contributed by atoms with Crippen LogP contribution in [0, 0.1) is 0 Å². The van der Waals surface area contributed by atoms with Crippen LogP contribution in [0.15, 0.2) is 59.5 Å². The van der Waals surface area contributed by atoms with Gasteiger partial charge in [-0.1, -0.05) is 30.3 Å². The largest absolute Gasteiger partial charge is 0.399 e. The van der Waals surface area contributed by atoms with Gasteiger partial charge in [0.05, 0.1) is 4.90 Å². The fourth-order valence-corrected chi connectivity index (χ4v) is 2.27. The van der Waals surface area contributed by atoms with E-state index in [4.69, 9.17) is 5.73 Å². The van der Waals surface area contributed by atoms with E-state index in [0.29, 0.717) is 12.2 Å². The van der Waals surface area contributed by atoms with Gasteiger partial charge in [-0.25, -0.2) is 8.93 Å². The van der Waals surface area contributed by atoms with Gasteiger partial charge in [0.15, 0.2) is 0 Å². The molecule has 2 rings (SSSR count). The molecule has 1 unspecified atom stereocenters. The van der Waals surface area contributed by atoms with Crippen molar-refractivity contribution in [1.82, 2.24) is 4.72 Å². The fraction of sp³-hybridized carbons (Fsp3) is 0.0769. The summed E-state index contributed by atoms with van der Waals surface area (Å²) in [6.07, 6.45) is 0.